The minimum Gasteiger partial charge on any atom is -0.480 e. The maximum atomic E-state index is 11.1. The minimum atomic E-state index is -1.07. The molecule has 1 aromatic rings. The van der Waals surface area contributed by atoms with Gasteiger partial charge in [0, 0.05) is 31.9 Å². The zero-order chi connectivity index (χ0) is 12.0. The van der Waals surface area contributed by atoms with E-state index in [0.717, 1.165) is 5.69 Å². The van der Waals surface area contributed by atoms with Crippen LogP contribution in [0.5, 0.6) is 0 Å². The number of hydrogen-bond donors (Lipinski definition) is 3. The van der Waals surface area contributed by atoms with Crippen molar-refractivity contribution in [1.82, 2.24) is 20.4 Å². The number of carbonyl (C=O) groups excluding carboxylic acids is 1. The molecule has 1 heterocycles. The van der Waals surface area contributed by atoms with Crippen LogP contribution in [-0.4, -0.2) is 40.0 Å². The molecule has 1 rings (SSSR count). The van der Waals surface area contributed by atoms with Gasteiger partial charge < -0.3 is 15.7 Å². The van der Waals surface area contributed by atoms with Crippen molar-refractivity contribution in [2.75, 3.05) is 13.1 Å². The Hall–Kier alpha value is -2.05. The minimum absolute atomic E-state index is 0.377. The Bertz CT molecular complexity index is 375. The van der Waals surface area contributed by atoms with Crippen LogP contribution in [0.1, 0.15) is 5.69 Å². The average molecular weight is 226 g/mol. The van der Waals surface area contributed by atoms with Crippen molar-refractivity contribution in [2.45, 2.75) is 6.42 Å². The number of urea groups is 1. The van der Waals surface area contributed by atoms with Crippen molar-refractivity contribution in [3.8, 4) is 0 Å². The van der Waals surface area contributed by atoms with Gasteiger partial charge in [0.1, 0.15) is 6.54 Å². The summed E-state index contributed by atoms with van der Waals surface area (Å²) in [5.41, 5.74) is 0.999. The SMILES string of the molecule is Cn1nccc1CCNC(=O)NCC(=O)O. The molecule has 0 radical (unpaired) electrons. The lowest BCUT2D eigenvalue weighted by molar-refractivity contribution is -0.135. The van der Waals surface area contributed by atoms with Gasteiger partial charge in [0.25, 0.3) is 0 Å². The highest BCUT2D eigenvalue weighted by Crippen LogP contribution is 1.95. The van der Waals surface area contributed by atoms with Gasteiger partial charge in [-0.05, 0) is 6.07 Å². The summed E-state index contributed by atoms with van der Waals surface area (Å²) < 4.78 is 1.72. The van der Waals surface area contributed by atoms with Gasteiger partial charge in [-0.25, -0.2) is 4.79 Å². The lowest BCUT2D eigenvalue weighted by atomic mass is 10.3. The summed E-state index contributed by atoms with van der Waals surface area (Å²) in [6.07, 6.45) is 2.33. The third-order valence-corrected chi connectivity index (χ3v) is 1.99. The van der Waals surface area contributed by atoms with Crippen LogP contribution in [0.25, 0.3) is 0 Å². The van der Waals surface area contributed by atoms with Gasteiger partial charge in [0.15, 0.2) is 0 Å². The molecule has 0 unspecified atom stereocenters. The van der Waals surface area contributed by atoms with E-state index in [-0.39, 0.29) is 6.54 Å². The molecule has 0 saturated heterocycles. The highest BCUT2D eigenvalue weighted by atomic mass is 16.4. The Morgan fingerprint density at radius 3 is 2.81 bits per heavy atom. The molecule has 7 heteroatoms. The monoisotopic (exact) mass is 226 g/mol. The number of aromatic nitrogens is 2. The molecule has 7 nitrogen and oxygen atoms in total. The first-order chi connectivity index (χ1) is 7.59. The number of amides is 2. The van der Waals surface area contributed by atoms with Crippen LogP contribution in [-0.2, 0) is 18.3 Å². The number of nitrogens with zero attached hydrogens (tertiary/aromatic N) is 2. The number of hydrogen-bond acceptors (Lipinski definition) is 3. The van der Waals surface area contributed by atoms with Crippen molar-refractivity contribution in [2.24, 2.45) is 7.05 Å². The van der Waals surface area contributed by atoms with Crippen molar-refractivity contribution in [3.05, 3.63) is 18.0 Å². The quantitative estimate of drug-likeness (QED) is 0.621. The van der Waals surface area contributed by atoms with E-state index in [1.807, 2.05) is 13.1 Å². The Morgan fingerprint density at radius 1 is 1.50 bits per heavy atom. The largest absolute Gasteiger partial charge is 0.480 e. The number of rotatable bonds is 5. The van der Waals surface area contributed by atoms with Crippen LogP contribution in [0, 0.1) is 0 Å². The van der Waals surface area contributed by atoms with E-state index in [4.69, 9.17) is 5.11 Å². The molecule has 0 spiro atoms. The summed E-state index contributed by atoms with van der Waals surface area (Å²) in [5, 5.41) is 17.1. The molecular formula is C9H14N4O3. The fourth-order valence-corrected chi connectivity index (χ4v) is 1.17. The van der Waals surface area contributed by atoms with Crippen LogP contribution >= 0.6 is 0 Å². The van der Waals surface area contributed by atoms with Gasteiger partial charge >= 0.3 is 12.0 Å². The Balaban J connectivity index is 2.18. The van der Waals surface area contributed by atoms with Crippen LogP contribution in [0.15, 0.2) is 12.3 Å². The maximum absolute atomic E-state index is 11.1. The molecule has 2 amide bonds. The molecule has 16 heavy (non-hydrogen) atoms. The first-order valence-electron chi connectivity index (χ1n) is 4.80. The Morgan fingerprint density at radius 2 is 2.25 bits per heavy atom. The fourth-order valence-electron chi connectivity index (χ4n) is 1.17. The lowest BCUT2D eigenvalue weighted by Crippen LogP contribution is -2.39. The summed E-state index contributed by atoms with van der Waals surface area (Å²) in [6, 6.07) is 1.38. The molecule has 0 aliphatic heterocycles. The van der Waals surface area contributed by atoms with Crippen LogP contribution in [0.3, 0.4) is 0 Å². The zero-order valence-electron chi connectivity index (χ0n) is 8.93. The van der Waals surface area contributed by atoms with Gasteiger partial charge in [-0.15, -0.1) is 0 Å². The average Bonchev–Trinajstić information content (AvgIpc) is 2.61. The van der Waals surface area contributed by atoms with Crippen molar-refractivity contribution < 1.29 is 14.7 Å². The number of aryl methyl sites for hydroxylation is 1. The second-order valence-electron chi connectivity index (χ2n) is 3.20. The van der Waals surface area contributed by atoms with E-state index in [1.54, 1.807) is 10.9 Å². The van der Waals surface area contributed by atoms with Crippen molar-refractivity contribution in [1.29, 1.82) is 0 Å². The molecule has 0 fully saturated rings. The van der Waals surface area contributed by atoms with Gasteiger partial charge in [-0.2, -0.15) is 5.10 Å². The molecule has 0 aromatic carbocycles. The normalized spacial score (nSPS) is 9.81. The summed E-state index contributed by atoms with van der Waals surface area (Å²) in [7, 11) is 1.82. The standard InChI is InChI=1S/C9H14N4O3/c1-13-7(3-5-12-13)2-4-10-9(16)11-6-8(14)15/h3,5H,2,4,6H2,1H3,(H,14,15)(H2,10,11,16). The maximum Gasteiger partial charge on any atom is 0.323 e. The highest BCUT2D eigenvalue weighted by molar-refractivity contribution is 5.79. The van der Waals surface area contributed by atoms with Gasteiger partial charge in [0.2, 0.25) is 0 Å². The first kappa shape index (κ1) is 12.0. The zero-order valence-corrected chi connectivity index (χ0v) is 8.93. The summed E-state index contributed by atoms with van der Waals surface area (Å²) in [6.45, 7) is 0.0581. The van der Waals surface area contributed by atoms with Gasteiger partial charge in [-0.1, -0.05) is 0 Å². The van der Waals surface area contributed by atoms with Gasteiger partial charge in [0.05, 0.1) is 0 Å². The van der Waals surface area contributed by atoms with Gasteiger partial charge in [-0.3, -0.25) is 9.48 Å². The fraction of sp³-hybridized carbons (Fsp3) is 0.444. The van der Waals surface area contributed by atoms with Crippen molar-refractivity contribution >= 4 is 12.0 Å². The molecule has 3 N–H and O–H groups in total. The lowest BCUT2D eigenvalue weighted by Gasteiger charge is -2.05. The third kappa shape index (κ3) is 3.99. The summed E-state index contributed by atoms with van der Waals surface area (Å²) >= 11 is 0. The number of carbonyl (C=O) groups is 2. The second kappa shape index (κ2) is 5.74. The van der Waals surface area contributed by atoms with E-state index in [1.165, 1.54) is 0 Å². The topological polar surface area (TPSA) is 96.3 Å². The van der Waals surface area contributed by atoms with E-state index in [0.29, 0.717) is 13.0 Å². The molecule has 1 aromatic heterocycles. The number of carboxylic acid groups (broad SMARTS) is 1. The molecule has 0 aliphatic carbocycles. The number of carboxylic acids is 1. The highest BCUT2D eigenvalue weighted by Gasteiger charge is 2.03. The summed E-state index contributed by atoms with van der Waals surface area (Å²) in [5.74, 6) is -1.07. The van der Waals surface area contributed by atoms with E-state index < -0.39 is 12.0 Å². The van der Waals surface area contributed by atoms with Crippen LogP contribution in [0.2, 0.25) is 0 Å². The predicted molar refractivity (Wildman–Crippen MR) is 55.9 cm³/mol. The van der Waals surface area contributed by atoms with E-state index >= 15 is 0 Å². The molecule has 0 aliphatic rings. The molecule has 0 saturated carbocycles. The number of aliphatic carboxylic acids is 1. The Kier molecular flexibility index (Phi) is 4.31. The first-order valence-corrected chi connectivity index (χ1v) is 4.80. The summed E-state index contributed by atoms with van der Waals surface area (Å²) in [4.78, 5) is 21.2. The number of nitrogens with one attached hydrogen (secondary N) is 2. The Labute approximate surface area is 92.4 Å². The van der Waals surface area contributed by atoms with Crippen LogP contribution in [0.4, 0.5) is 4.79 Å². The van der Waals surface area contributed by atoms with E-state index in [9.17, 15) is 9.59 Å². The third-order valence-electron chi connectivity index (χ3n) is 1.99. The second-order valence-corrected chi connectivity index (χ2v) is 3.20. The molecule has 0 atom stereocenters. The molecule has 0 bridgehead atoms. The van der Waals surface area contributed by atoms with Crippen molar-refractivity contribution in [3.63, 3.8) is 0 Å². The van der Waals surface area contributed by atoms with E-state index in [2.05, 4.69) is 15.7 Å². The predicted octanol–water partition coefficient (Wildman–Crippen LogP) is -0.654. The van der Waals surface area contributed by atoms with Crippen LogP contribution < -0.4 is 10.6 Å². The molecule has 88 valence electrons. The molecular weight excluding hydrogens is 212 g/mol. The smallest absolute Gasteiger partial charge is 0.323 e.